The number of pyridine rings is 1. The maximum atomic E-state index is 12.8. The molecule has 0 amide bonds. The summed E-state index contributed by atoms with van der Waals surface area (Å²) in [6.45, 7) is 1.89. The average Bonchev–Trinajstić information content (AvgIpc) is 3.11. The number of hydrogen-bond donors (Lipinski definition) is 2. The molecule has 28 heavy (non-hydrogen) atoms. The van der Waals surface area contributed by atoms with Crippen LogP contribution in [-0.4, -0.2) is 40.8 Å². The topological polar surface area (TPSA) is 75.8 Å². The second kappa shape index (κ2) is 11.4. The normalized spacial score (nSPS) is 11.1. The molecule has 3 rings (SSSR count). The Balaban J connectivity index is 0.00000280. The van der Waals surface area contributed by atoms with Crippen LogP contribution in [0.2, 0.25) is 0 Å². The van der Waals surface area contributed by atoms with E-state index in [0.29, 0.717) is 24.9 Å². The van der Waals surface area contributed by atoms with Crippen LogP contribution in [0.1, 0.15) is 18.7 Å². The van der Waals surface area contributed by atoms with Crippen molar-refractivity contribution in [2.75, 3.05) is 20.2 Å². The Morgan fingerprint density at radius 3 is 2.71 bits per heavy atom. The fraction of sp³-hybridized carbons (Fsp3) is 0.316. The number of halogens is 2. The van der Waals surface area contributed by atoms with Gasteiger partial charge in [0.05, 0.1) is 13.2 Å². The molecule has 0 unspecified atom stereocenters. The molecule has 3 aromatic rings. The lowest BCUT2D eigenvalue weighted by Gasteiger charge is -2.11. The number of rotatable bonds is 8. The van der Waals surface area contributed by atoms with Gasteiger partial charge in [-0.1, -0.05) is 6.07 Å². The number of nitrogens with zero attached hydrogens (tertiary/aromatic N) is 4. The van der Waals surface area contributed by atoms with Gasteiger partial charge in [0.2, 0.25) is 0 Å². The second-order valence-electron chi connectivity index (χ2n) is 5.91. The predicted molar refractivity (Wildman–Crippen MR) is 118 cm³/mol. The van der Waals surface area contributed by atoms with Crippen LogP contribution in [0.4, 0.5) is 4.39 Å². The van der Waals surface area contributed by atoms with Crippen molar-refractivity contribution < 1.29 is 9.13 Å². The van der Waals surface area contributed by atoms with E-state index < -0.39 is 0 Å². The Morgan fingerprint density at radius 2 is 1.93 bits per heavy atom. The van der Waals surface area contributed by atoms with Crippen molar-refractivity contribution >= 4 is 35.6 Å². The van der Waals surface area contributed by atoms with E-state index in [0.717, 1.165) is 30.9 Å². The van der Waals surface area contributed by atoms with Gasteiger partial charge in [0.15, 0.2) is 17.4 Å². The highest BCUT2D eigenvalue weighted by atomic mass is 127. The van der Waals surface area contributed by atoms with E-state index >= 15 is 0 Å². The summed E-state index contributed by atoms with van der Waals surface area (Å²) in [5, 5.41) is 14.8. The highest BCUT2D eigenvalue weighted by Gasteiger charge is 2.05. The SMILES string of the molecule is CN=C(NCCCCOc1ccc(F)cc1)NCc1nnc2ccccn12.I. The fourth-order valence-corrected chi connectivity index (χ4v) is 2.55. The van der Waals surface area contributed by atoms with Gasteiger partial charge >= 0.3 is 0 Å². The molecule has 9 heteroatoms. The molecule has 0 aliphatic rings. The molecule has 0 radical (unpaired) electrons. The molecular formula is C19H24FIN6O. The first-order chi connectivity index (χ1) is 13.3. The Morgan fingerprint density at radius 1 is 1.11 bits per heavy atom. The van der Waals surface area contributed by atoms with Crippen molar-refractivity contribution in [1.29, 1.82) is 0 Å². The van der Waals surface area contributed by atoms with Gasteiger partial charge in [-0.05, 0) is 49.2 Å². The quantitative estimate of drug-likeness (QED) is 0.216. The zero-order valence-electron chi connectivity index (χ0n) is 15.6. The lowest BCUT2D eigenvalue weighted by molar-refractivity contribution is 0.306. The minimum absolute atomic E-state index is 0. The summed E-state index contributed by atoms with van der Waals surface area (Å²) in [7, 11) is 1.73. The number of fused-ring (bicyclic) bond motifs is 1. The molecule has 0 saturated carbocycles. The molecule has 2 N–H and O–H groups in total. The number of guanidine groups is 1. The number of ether oxygens (including phenoxy) is 1. The van der Waals surface area contributed by atoms with Crippen LogP contribution in [0.25, 0.3) is 5.65 Å². The van der Waals surface area contributed by atoms with E-state index in [1.165, 1.54) is 12.1 Å². The van der Waals surface area contributed by atoms with Gasteiger partial charge in [0.1, 0.15) is 11.6 Å². The predicted octanol–water partition coefficient (Wildman–Crippen LogP) is 3.01. The minimum atomic E-state index is -0.260. The number of hydrogen-bond acceptors (Lipinski definition) is 4. The zero-order valence-corrected chi connectivity index (χ0v) is 18.0. The lowest BCUT2D eigenvalue weighted by Crippen LogP contribution is -2.37. The first-order valence-corrected chi connectivity index (χ1v) is 8.88. The Hall–Kier alpha value is -2.43. The minimum Gasteiger partial charge on any atom is -0.494 e. The van der Waals surface area contributed by atoms with Gasteiger partial charge in [-0.25, -0.2) is 4.39 Å². The largest absolute Gasteiger partial charge is 0.494 e. The molecule has 0 aliphatic carbocycles. The number of aromatic nitrogens is 3. The molecule has 0 saturated heterocycles. The van der Waals surface area contributed by atoms with Crippen molar-refractivity contribution in [2.24, 2.45) is 4.99 Å². The number of nitrogens with one attached hydrogen (secondary N) is 2. The fourth-order valence-electron chi connectivity index (χ4n) is 2.55. The van der Waals surface area contributed by atoms with E-state index in [4.69, 9.17) is 4.74 Å². The first-order valence-electron chi connectivity index (χ1n) is 8.88. The van der Waals surface area contributed by atoms with Crippen molar-refractivity contribution in [2.45, 2.75) is 19.4 Å². The van der Waals surface area contributed by atoms with Crippen LogP contribution in [0.15, 0.2) is 53.7 Å². The first kappa shape index (κ1) is 21.9. The Kier molecular flexibility index (Phi) is 8.92. The van der Waals surface area contributed by atoms with E-state index in [-0.39, 0.29) is 29.8 Å². The van der Waals surface area contributed by atoms with Gasteiger partial charge in [0.25, 0.3) is 0 Å². The second-order valence-corrected chi connectivity index (χ2v) is 5.91. The third-order valence-electron chi connectivity index (χ3n) is 3.97. The number of aliphatic imine (C=N–C) groups is 1. The monoisotopic (exact) mass is 498 g/mol. The number of benzene rings is 1. The van der Waals surface area contributed by atoms with Crippen LogP contribution < -0.4 is 15.4 Å². The third kappa shape index (κ3) is 6.32. The zero-order chi connectivity index (χ0) is 18.9. The maximum Gasteiger partial charge on any atom is 0.191 e. The lowest BCUT2D eigenvalue weighted by atomic mass is 10.3. The standard InChI is InChI=1S/C19H23FN6O.HI/c1-21-19(23-14-18-25-24-17-6-2-4-12-26(17)18)22-11-3-5-13-27-16-9-7-15(20)8-10-16;/h2,4,6-10,12H,3,5,11,13-14H2,1H3,(H2,21,22,23);1H. The molecule has 0 atom stereocenters. The molecule has 0 bridgehead atoms. The molecular weight excluding hydrogens is 474 g/mol. The Labute approximate surface area is 180 Å². The molecule has 150 valence electrons. The van der Waals surface area contributed by atoms with E-state index in [1.54, 1.807) is 19.2 Å². The van der Waals surface area contributed by atoms with Crippen molar-refractivity contribution in [1.82, 2.24) is 25.2 Å². The average molecular weight is 498 g/mol. The van der Waals surface area contributed by atoms with Gasteiger partial charge in [-0.2, -0.15) is 0 Å². The van der Waals surface area contributed by atoms with Crippen LogP contribution in [0.3, 0.4) is 0 Å². The summed E-state index contributed by atoms with van der Waals surface area (Å²) in [6, 6.07) is 11.8. The molecule has 0 aliphatic heterocycles. The van der Waals surface area contributed by atoms with Crippen LogP contribution in [-0.2, 0) is 6.54 Å². The molecule has 2 aromatic heterocycles. The molecule has 2 heterocycles. The highest BCUT2D eigenvalue weighted by molar-refractivity contribution is 14.0. The molecule has 1 aromatic carbocycles. The summed E-state index contributed by atoms with van der Waals surface area (Å²) in [6.07, 6.45) is 3.75. The molecule has 0 fully saturated rings. The van der Waals surface area contributed by atoms with Gasteiger partial charge in [0, 0.05) is 19.8 Å². The van der Waals surface area contributed by atoms with Crippen molar-refractivity contribution in [3.8, 4) is 5.75 Å². The Bertz CT molecular complexity index is 884. The maximum absolute atomic E-state index is 12.8. The van der Waals surface area contributed by atoms with Gasteiger partial charge < -0.3 is 15.4 Å². The summed E-state index contributed by atoms with van der Waals surface area (Å²) in [5.41, 5.74) is 0.818. The summed E-state index contributed by atoms with van der Waals surface area (Å²) < 4.78 is 20.3. The van der Waals surface area contributed by atoms with E-state index in [1.807, 2.05) is 28.8 Å². The van der Waals surface area contributed by atoms with Crippen molar-refractivity contribution in [3.05, 3.63) is 60.3 Å². The van der Waals surface area contributed by atoms with Crippen LogP contribution in [0, 0.1) is 5.82 Å². The van der Waals surface area contributed by atoms with E-state index in [2.05, 4.69) is 25.8 Å². The van der Waals surface area contributed by atoms with Crippen LogP contribution >= 0.6 is 24.0 Å². The van der Waals surface area contributed by atoms with Gasteiger partial charge in [-0.3, -0.25) is 9.39 Å². The molecule has 7 nitrogen and oxygen atoms in total. The summed E-state index contributed by atoms with van der Waals surface area (Å²) in [5.74, 6) is 1.95. The number of unbranched alkanes of at least 4 members (excludes halogenated alkanes) is 1. The summed E-state index contributed by atoms with van der Waals surface area (Å²) in [4.78, 5) is 4.21. The summed E-state index contributed by atoms with van der Waals surface area (Å²) >= 11 is 0. The van der Waals surface area contributed by atoms with Gasteiger partial charge in [-0.15, -0.1) is 34.2 Å². The van der Waals surface area contributed by atoms with Crippen molar-refractivity contribution in [3.63, 3.8) is 0 Å². The highest BCUT2D eigenvalue weighted by Crippen LogP contribution is 2.11. The van der Waals surface area contributed by atoms with E-state index in [9.17, 15) is 4.39 Å². The third-order valence-corrected chi connectivity index (χ3v) is 3.97. The molecule has 0 spiro atoms. The van der Waals surface area contributed by atoms with Crippen LogP contribution in [0.5, 0.6) is 5.75 Å². The smallest absolute Gasteiger partial charge is 0.191 e.